The third-order valence-electron chi connectivity index (χ3n) is 2.89. The minimum atomic E-state index is -0.822. The van der Waals surface area contributed by atoms with Crippen LogP contribution in [0, 0.1) is 15.9 Å². The van der Waals surface area contributed by atoms with Crippen LogP contribution in [0.3, 0.4) is 0 Å². The molecule has 0 aliphatic carbocycles. The highest BCUT2D eigenvalue weighted by atomic mass is 19.1. The van der Waals surface area contributed by atoms with Crippen LogP contribution in [-0.2, 0) is 6.54 Å². The molecule has 0 amide bonds. The van der Waals surface area contributed by atoms with E-state index in [0.29, 0.717) is 12.1 Å². The Kier molecular flexibility index (Phi) is 3.62. The second-order valence-electron chi connectivity index (χ2n) is 4.39. The molecular formula is C13H14FN3O2. The predicted molar refractivity (Wildman–Crippen MR) is 69.2 cm³/mol. The van der Waals surface area contributed by atoms with Gasteiger partial charge in [0, 0.05) is 30.5 Å². The Morgan fingerprint density at radius 2 is 2.21 bits per heavy atom. The number of hydrogen-bond donors (Lipinski definition) is 1. The summed E-state index contributed by atoms with van der Waals surface area (Å²) >= 11 is 0. The van der Waals surface area contributed by atoms with E-state index < -0.39 is 16.4 Å². The van der Waals surface area contributed by atoms with E-state index in [1.807, 2.05) is 29.8 Å². The summed E-state index contributed by atoms with van der Waals surface area (Å²) in [7, 11) is 0. The first kappa shape index (κ1) is 13.2. The van der Waals surface area contributed by atoms with Gasteiger partial charge in [-0.3, -0.25) is 10.1 Å². The molecule has 5 nitrogen and oxygen atoms in total. The molecule has 2 rings (SSSR count). The lowest BCUT2D eigenvalue weighted by Crippen LogP contribution is -2.12. The Balaban J connectivity index is 2.27. The van der Waals surface area contributed by atoms with Crippen LogP contribution in [0.2, 0.25) is 0 Å². The van der Waals surface area contributed by atoms with E-state index >= 15 is 0 Å². The van der Waals surface area contributed by atoms with Gasteiger partial charge in [-0.05, 0) is 30.7 Å². The molecule has 1 aromatic heterocycles. The zero-order valence-corrected chi connectivity index (χ0v) is 10.4. The fourth-order valence-corrected chi connectivity index (χ4v) is 1.98. The third kappa shape index (κ3) is 2.79. The standard InChI is InChI=1S/C13H14FN3O2/c1-9(15)12-3-2-6-16(12)8-10-4-5-13(17(18)19)11(14)7-10/h2-7,9H,8,15H2,1H3. The molecule has 0 bridgehead atoms. The first-order chi connectivity index (χ1) is 8.99. The molecule has 1 unspecified atom stereocenters. The molecule has 0 fully saturated rings. The number of hydrogen-bond acceptors (Lipinski definition) is 3. The van der Waals surface area contributed by atoms with Crippen LogP contribution in [0.5, 0.6) is 0 Å². The summed E-state index contributed by atoms with van der Waals surface area (Å²) in [4.78, 5) is 9.80. The molecular weight excluding hydrogens is 249 g/mol. The van der Waals surface area contributed by atoms with Crippen molar-refractivity contribution in [2.75, 3.05) is 0 Å². The fourth-order valence-electron chi connectivity index (χ4n) is 1.98. The average molecular weight is 263 g/mol. The Morgan fingerprint density at radius 1 is 1.47 bits per heavy atom. The molecule has 1 aromatic carbocycles. The maximum atomic E-state index is 13.5. The zero-order valence-electron chi connectivity index (χ0n) is 10.4. The van der Waals surface area contributed by atoms with Gasteiger partial charge < -0.3 is 10.3 Å². The van der Waals surface area contributed by atoms with Crippen LogP contribution in [0.15, 0.2) is 36.5 Å². The lowest BCUT2D eigenvalue weighted by Gasteiger charge is -2.12. The molecule has 0 aliphatic heterocycles. The van der Waals surface area contributed by atoms with E-state index in [9.17, 15) is 14.5 Å². The van der Waals surface area contributed by atoms with Crippen LogP contribution in [0.1, 0.15) is 24.2 Å². The second-order valence-corrected chi connectivity index (χ2v) is 4.39. The molecule has 0 aliphatic rings. The lowest BCUT2D eigenvalue weighted by molar-refractivity contribution is -0.387. The fraction of sp³-hybridized carbons (Fsp3) is 0.231. The number of nitrogens with two attached hydrogens (primary N) is 1. The maximum absolute atomic E-state index is 13.5. The Morgan fingerprint density at radius 3 is 2.79 bits per heavy atom. The minimum Gasteiger partial charge on any atom is -0.346 e. The average Bonchev–Trinajstić information content (AvgIpc) is 2.76. The first-order valence-corrected chi connectivity index (χ1v) is 5.82. The lowest BCUT2D eigenvalue weighted by atomic mass is 10.2. The van der Waals surface area contributed by atoms with Crippen molar-refractivity contribution in [1.29, 1.82) is 0 Å². The molecule has 2 N–H and O–H groups in total. The topological polar surface area (TPSA) is 74.1 Å². The van der Waals surface area contributed by atoms with Gasteiger partial charge in [-0.25, -0.2) is 0 Å². The zero-order chi connectivity index (χ0) is 14.0. The van der Waals surface area contributed by atoms with Crippen molar-refractivity contribution in [2.24, 2.45) is 5.73 Å². The maximum Gasteiger partial charge on any atom is 0.304 e. The normalized spacial score (nSPS) is 12.4. The van der Waals surface area contributed by atoms with Crippen LogP contribution in [0.4, 0.5) is 10.1 Å². The SMILES string of the molecule is CC(N)c1cccn1Cc1ccc([N+](=O)[O-])c(F)c1. The predicted octanol–water partition coefficient (Wildman–Crippen LogP) is 2.60. The summed E-state index contributed by atoms with van der Waals surface area (Å²) in [6.07, 6.45) is 1.85. The van der Waals surface area contributed by atoms with E-state index in [1.54, 1.807) is 6.07 Å². The molecule has 100 valence electrons. The number of rotatable bonds is 4. The highest BCUT2D eigenvalue weighted by Gasteiger charge is 2.14. The summed E-state index contributed by atoms with van der Waals surface area (Å²) in [5.74, 6) is -0.822. The number of nitro benzene ring substituents is 1. The van der Waals surface area contributed by atoms with Gasteiger partial charge in [-0.15, -0.1) is 0 Å². The smallest absolute Gasteiger partial charge is 0.304 e. The summed E-state index contributed by atoms with van der Waals surface area (Å²) in [6.45, 7) is 2.29. The number of aromatic nitrogens is 1. The van der Waals surface area contributed by atoms with Crippen LogP contribution < -0.4 is 5.73 Å². The van der Waals surface area contributed by atoms with Gasteiger partial charge in [0.25, 0.3) is 0 Å². The van der Waals surface area contributed by atoms with Gasteiger partial charge in [0.05, 0.1) is 4.92 Å². The van der Waals surface area contributed by atoms with Crippen molar-refractivity contribution in [3.8, 4) is 0 Å². The number of benzene rings is 1. The van der Waals surface area contributed by atoms with Gasteiger partial charge in [0.15, 0.2) is 0 Å². The largest absolute Gasteiger partial charge is 0.346 e. The molecule has 2 aromatic rings. The van der Waals surface area contributed by atoms with E-state index in [0.717, 1.165) is 5.69 Å². The van der Waals surface area contributed by atoms with Crippen molar-refractivity contribution in [3.05, 3.63) is 63.7 Å². The van der Waals surface area contributed by atoms with E-state index in [1.165, 1.54) is 12.1 Å². The molecule has 0 spiro atoms. The van der Waals surface area contributed by atoms with Gasteiger partial charge in [0.2, 0.25) is 5.82 Å². The van der Waals surface area contributed by atoms with E-state index in [2.05, 4.69) is 0 Å². The highest BCUT2D eigenvalue weighted by Crippen LogP contribution is 2.20. The molecule has 0 saturated carbocycles. The molecule has 1 heterocycles. The van der Waals surface area contributed by atoms with Crippen molar-refractivity contribution in [1.82, 2.24) is 4.57 Å². The molecule has 6 heteroatoms. The molecule has 19 heavy (non-hydrogen) atoms. The first-order valence-electron chi connectivity index (χ1n) is 5.82. The van der Waals surface area contributed by atoms with Gasteiger partial charge in [0.1, 0.15) is 0 Å². The summed E-state index contributed by atoms with van der Waals surface area (Å²) in [5, 5.41) is 10.5. The summed E-state index contributed by atoms with van der Waals surface area (Å²) in [6, 6.07) is 7.54. The van der Waals surface area contributed by atoms with Gasteiger partial charge in [-0.2, -0.15) is 4.39 Å². The highest BCUT2D eigenvalue weighted by molar-refractivity contribution is 5.35. The Bertz CT molecular complexity index is 608. The van der Waals surface area contributed by atoms with Crippen molar-refractivity contribution in [2.45, 2.75) is 19.5 Å². The van der Waals surface area contributed by atoms with Crippen LogP contribution >= 0.6 is 0 Å². The summed E-state index contributed by atoms with van der Waals surface area (Å²) in [5.41, 5.74) is 6.89. The molecule has 1 atom stereocenters. The summed E-state index contributed by atoms with van der Waals surface area (Å²) < 4.78 is 15.4. The quantitative estimate of drug-likeness (QED) is 0.680. The van der Waals surface area contributed by atoms with Gasteiger partial charge >= 0.3 is 5.69 Å². The number of halogens is 1. The molecule has 0 radical (unpaired) electrons. The van der Waals surface area contributed by atoms with Gasteiger partial charge in [-0.1, -0.05) is 6.07 Å². The second kappa shape index (κ2) is 5.19. The minimum absolute atomic E-state index is 0.127. The van der Waals surface area contributed by atoms with E-state index in [-0.39, 0.29) is 6.04 Å². The molecule has 0 saturated heterocycles. The number of nitrogens with zero attached hydrogens (tertiary/aromatic N) is 2. The van der Waals surface area contributed by atoms with Crippen molar-refractivity contribution < 1.29 is 9.31 Å². The van der Waals surface area contributed by atoms with Crippen LogP contribution in [0.25, 0.3) is 0 Å². The Labute approximate surface area is 109 Å². The van der Waals surface area contributed by atoms with Crippen LogP contribution in [-0.4, -0.2) is 9.49 Å². The van der Waals surface area contributed by atoms with Crippen molar-refractivity contribution in [3.63, 3.8) is 0 Å². The number of nitro groups is 1. The van der Waals surface area contributed by atoms with Crippen molar-refractivity contribution >= 4 is 5.69 Å². The third-order valence-corrected chi connectivity index (χ3v) is 2.89. The van der Waals surface area contributed by atoms with E-state index in [4.69, 9.17) is 5.73 Å². The Hall–Kier alpha value is -2.21. The monoisotopic (exact) mass is 263 g/mol.